The van der Waals surface area contributed by atoms with Gasteiger partial charge >= 0.3 is 0 Å². The van der Waals surface area contributed by atoms with Gasteiger partial charge < -0.3 is 5.32 Å². The first kappa shape index (κ1) is 15.4. The standard InChI is InChI=1S/C14H19Cl3N2/c1-2-3-13(19-6-4-18-5-7-19)11-8-10(15)9-12(16)14(11)17/h8-9,13,18H,2-7H2,1H3/t13-/m1/s1. The molecule has 1 aromatic carbocycles. The molecule has 106 valence electrons. The van der Waals surface area contributed by atoms with Gasteiger partial charge in [-0.25, -0.2) is 0 Å². The fourth-order valence-electron chi connectivity index (χ4n) is 2.62. The van der Waals surface area contributed by atoms with Gasteiger partial charge in [-0.2, -0.15) is 0 Å². The zero-order chi connectivity index (χ0) is 13.8. The molecule has 1 saturated heterocycles. The van der Waals surface area contributed by atoms with E-state index in [0.717, 1.165) is 44.6 Å². The predicted molar refractivity (Wildman–Crippen MR) is 83.6 cm³/mol. The lowest BCUT2D eigenvalue weighted by molar-refractivity contribution is 0.164. The summed E-state index contributed by atoms with van der Waals surface area (Å²) in [4.78, 5) is 2.47. The van der Waals surface area contributed by atoms with Gasteiger partial charge in [-0.1, -0.05) is 48.1 Å². The van der Waals surface area contributed by atoms with Gasteiger partial charge in [-0.05, 0) is 24.1 Å². The third-order valence-electron chi connectivity index (χ3n) is 3.53. The van der Waals surface area contributed by atoms with E-state index in [4.69, 9.17) is 34.8 Å². The lowest BCUT2D eigenvalue weighted by Crippen LogP contribution is -2.45. The molecule has 1 atom stereocenters. The van der Waals surface area contributed by atoms with Crippen LogP contribution in [-0.4, -0.2) is 31.1 Å². The van der Waals surface area contributed by atoms with Gasteiger partial charge in [0.2, 0.25) is 0 Å². The molecule has 1 N–H and O–H groups in total. The summed E-state index contributed by atoms with van der Waals surface area (Å²) in [6.07, 6.45) is 2.17. The quantitative estimate of drug-likeness (QED) is 0.827. The Balaban J connectivity index is 2.32. The first-order valence-corrected chi connectivity index (χ1v) is 7.86. The molecule has 0 aromatic heterocycles. The van der Waals surface area contributed by atoms with Crippen molar-refractivity contribution < 1.29 is 0 Å². The van der Waals surface area contributed by atoms with E-state index in [1.54, 1.807) is 6.07 Å². The largest absolute Gasteiger partial charge is 0.314 e. The van der Waals surface area contributed by atoms with Crippen molar-refractivity contribution in [3.8, 4) is 0 Å². The Hall–Kier alpha value is 0.01000. The summed E-state index contributed by atoms with van der Waals surface area (Å²) in [5.41, 5.74) is 1.06. The van der Waals surface area contributed by atoms with E-state index in [2.05, 4.69) is 17.1 Å². The van der Waals surface area contributed by atoms with E-state index >= 15 is 0 Å². The number of nitrogens with one attached hydrogen (secondary N) is 1. The van der Waals surface area contributed by atoms with Crippen LogP contribution in [0.4, 0.5) is 0 Å². The lowest BCUT2D eigenvalue weighted by Gasteiger charge is -2.35. The summed E-state index contributed by atoms with van der Waals surface area (Å²) in [6, 6.07) is 3.96. The van der Waals surface area contributed by atoms with Crippen LogP contribution in [0.1, 0.15) is 31.4 Å². The minimum atomic E-state index is 0.302. The molecule has 0 radical (unpaired) electrons. The molecular formula is C14H19Cl3N2. The van der Waals surface area contributed by atoms with Crippen molar-refractivity contribution in [3.05, 3.63) is 32.8 Å². The second kappa shape index (κ2) is 7.14. The summed E-state index contributed by atoms with van der Waals surface area (Å²) < 4.78 is 0. The van der Waals surface area contributed by atoms with E-state index in [-0.39, 0.29) is 0 Å². The molecule has 0 unspecified atom stereocenters. The van der Waals surface area contributed by atoms with Crippen LogP contribution in [0.25, 0.3) is 0 Å². The minimum absolute atomic E-state index is 0.302. The molecule has 0 spiro atoms. The van der Waals surface area contributed by atoms with Crippen molar-refractivity contribution in [2.75, 3.05) is 26.2 Å². The topological polar surface area (TPSA) is 15.3 Å². The van der Waals surface area contributed by atoms with E-state index in [1.807, 2.05) is 6.07 Å². The second-order valence-electron chi connectivity index (χ2n) is 4.88. The molecule has 1 heterocycles. The third-order valence-corrected chi connectivity index (χ3v) is 4.57. The highest BCUT2D eigenvalue weighted by molar-refractivity contribution is 6.43. The van der Waals surface area contributed by atoms with E-state index in [9.17, 15) is 0 Å². The van der Waals surface area contributed by atoms with Crippen LogP contribution in [0.2, 0.25) is 15.1 Å². The Labute approximate surface area is 130 Å². The van der Waals surface area contributed by atoms with Gasteiger partial charge in [0.1, 0.15) is 0 Å². The number of hydrogen-bond acceptors (Lipinski definition) is 2. The van der Waals surface area contributed by atoms with Crippen LogP contribution < -0.4 is 5.32 Å². The van der Waals surface area contributed by atoms with Gasteiger partial charge in [-0.3, -0.25) is 4.90 Å². The van der Waals surface area contributed by atoms with Crippen molar-refractivity contribution in [3.63, 3.8) is 0 Å². The maximum atomic E-state index is 6.38. The summed E-state index contributed by atoms with van der Waals surface area (Å²) in [5.74, 6) is 0. The van der Waals surface area contributed by atoms with Gasteiger partial charge in [0.25, 0.3) is 0 Å². The fraction of sp³-hybridized carbons (Fsp3) is 0.571. The normalized spacial score (nSPS) is 18.5. The predicted octanol–water partition coefficient (Wildman–Crippen LogP) is 4.39. The molecule has 2 nitrogen and oxygen atoms in total. The Morgan fingerprint density at radius 3 is 2.53 bits per heavy atom. The average molecular weight is 322 g/mol. The van der Waals surface area contributed by atoms with Gasteiger partial charge in [0, 0.05) is 37.2 Å². The van der Waals surface area contributed by atoms with Crippen LogP contribution in [0, 0.1) is 0 Å². The molecule has 2 rings (SSSR count). The Bertz CT molecular complexity index is 431. The summed E-state index contributed by atoms with van der Waals surface area (Å²) in [6.45, 7) is 6.30. The Morgan fingerprint density at radius 1 is 1.21 bits per heavy atom. The van der Waals surface area contributed by atoms with Gasteiger partial charge in [0.15, 0.2) is 0 Å². The molecule has 0 bridgehead atoms. The van der Waals surface area contributed by atoms with Crippen molar-refractivity contribution in [1.29, 1.82) is 0 Å². The minimum Gasteiger partial charge on any atom is -0.314 e. The van der Waals surface area contributed by atoms with E-state index in [0.29, 0.717) is 21.1 Å². The average Bonchev–Trinajstić information content (AvgIpc) is 2.41. The highest BCUT2D eigenvalue weighted by Gasteiger charge is 2.24. The second-order valence-corrected chi connectivity index (χ2v) is 6.10. The number of piperazine rings is 1. The third kappa shape index (κ3) is 3.77. The molecule has 0 aliphatic carbocycles. The fourth-order valence-corrected chi connectivity index (χ4v) is 3.36. The lowest BCUT2D eigenvalue weighted by atomic mass is 9.99. The SMILES string of the molecule is CCC[C@H](c1cc(Cl)cc(Cl)c1Cl)N1CCNCC1. The van der Waals surface area contributed by atoms with Crippen LogP contribution in [0.15, 0.2) is 12.1 Å². The first-order chi connectivity index (χ1) is 9.13. The highest BCUT2D eigenvalue weighted by atomic mass is 35.5. The molecule has 5 heteroatoms. The van der Waals surface area contributed by atoms with Gasteiger partial charge in [-0.15, -0.1) is 0 Å². The molecule has 19 heavy (non-hydrogen) atoms. The first-order valence-electron chi connectivity index (χ1n) is 6.72. The molecule has 1 aliphatic heterocycles. The number of rotatable bonds is 4. The summed E-state index contributed by atoms with van der Waals surface area (Å²) >= 11 is 18.7. The van der Waals surface area contributed by atoms with Crippen molar-refractivity contribution in [2.45, 2.75) is 25.8 Å². The highest BCUT2D eigenvalue weighted by Crippen LogP contribution is 2.37. The number of nitrogens with zero attached hydrogens (tertiary/aromatic N) is 1. The van der Waals surface area contributed by atoms with Crippen LogP contribution in [0.5, 0.6) is 0 Å². The van der Waals surface area contributed by atoms with E-state index < -0.39 is 0 Å². The van der Waals surface area contributed by atoms with Crippen LogP contribution >= 0.6 is 34.8 Å². The van der Waals surface area contributed by atoms with Gasteiger partial charge in [0.05, 0.1) is 10.0 Å². The molecule has 1 aromatic rings. The number of benzene rings is 1. The van der Waals surface area contributed by atoms with Crippen molar-refractivity contribution in [1.82, 2.24) is 10.2 Å². The summed E-state index contributed by atoms with van der Waals surface area (Å²) in [7, 11) is 0. The molecule has 1 fully saturated rings. The van der Waals surface area contributed by atoms with Crippen molar-refractivity contribution >= 4 is 34.8 Å². The maximum Gasteiger partial charge on any atom is 0.0641 e. The van der Waals surface area contributed by atoms with Crippen LogP contribution in [0.3, 0.4) is 0 Å². The smallest absolute Gasteiger partial charge is 0.0641 e. The number of halogens is 3. The molecular weight excluding hydrogens is 303 g/mol. The zero-order valence-electron chi connectivity index (χ0n) is 11.1. The molecule has 1 aliphatic rings. The van der Waals surface area contributed by atoms with E-state index in [1.165, 1.54) is 0 Å². The summed E-state index contributed by atoms with van der Waals surface area (Å²) in [5, 5.41) is 5.21. The maximum absolute atomic E-state index is 6.38. The molecule has 0 amide bonds. The Kier molecular flexibility index (Phi) is 5.79. The number of hydrogen-bond donors (Lipinski definition) is 1. The van der Waals surface area contributed by atoms with Crippen LogP contribution in [-0.2, 0) is 0 Å². The Morgan fingerprint density at radius 2 is 1.89 bits per heavy atom. The van der Waals surface area contributed by atoms with Crippen molar-refractivity contribution in [2.24, 2.45) is 0 Å². The monoisotopic (exact) mass is 320 g/mol. The molecule has 0 saturated carbocycles. The zero-order valence-corrected chi connectivity index (χ0v) is 13.3.